The van der Waals surface area contributed by atoms with Gasteiger partial charge in [-0.3, -0.25) is 9.78 Å². The van der Waals surface area contributed by atoms with Crippen LogP contribution in [0.1, 0.15) is 28.0 Å². The molecule has 3 aromatic rings. The van der Waals surface area contributed by atoms with E-state index in [1.165, 1.54) is 0 Å². The smallest absolute Gasteiger partial charge is 0.339 e. The molecule has 7 heteroatoms. The average Bonchev–Trinajstić information content (AvgIpc) is 3.15. The summed E-state index contributed by atoms with van der Waals surface area (Å²) in [5.41, 5.74) is 3.48. The van der Waals surface area contributed by atoms with E-state index in [4.69, 9.17) is 27.9 Å². The van der Waals surface area contributed by atoms with Crippen LogP contribution in [0.5, 0.6) is 0 Å². The summed E-state index contributed by atoms with van der Waals surface area (Å²) in [5.74, 6) is -1.02. The van der Waals surface area contributed by atoms with Gasteiger partial charge in [-0.05, 0) is 43.0 Å². The number of rotatable bonds is 4. The molecule has 4 rings (SSSR count). The normalized spacial score (nSPS) is 12.6. The maximum atomic E-state index is 12.8. The van der Waals surface area contributed by atoms with E-state index in [-0.39, 0.29) is 5.02 Å². The quantitative estimate of drug-likeness (QED) is 0.620. The molecule has 1 aliphatic rings. The Morgan fingerprint density at radius 1 is 1.07 bits per heavy atom. The molecule has 1 heterocycles. The molecular formula is C21H16Cl2N2O3. The van der Waals surface area contributed by atoms with Crippen molar-refractivity contribution < 1.29 is 14.3 Å². The van der Waals surface area contributed by atoms with Crippen molar-refractivity contribution in [2.45, 2.75) is 19.3 Å². The number of nitrogens with zero attached hydrogens (tertiary/aromatic N) is 1. The highest BCUT2D eigenvalue weighted by atomic mass is 35.5. The molecule has 0 atom stereocenters. The van der Waals surface area contributed by atoms with Crippen LogP contribution in [0.25, 0.3) is 10.9 Å². The molecular weight excluding hydrogens is 399 g/mol. The van der Waals surface area contributed by atoms with Gasteiger partial charge in [0, 0.05) is 11.1 Å². The van der Waals surface area contributed by atoms with E-state index in [9.17, 15) is 9.59 Å². The van der Waals surface area contributed by atoms with Crippen LogP contribution in [0.4, 0.5) is 5.69 Å². The van der Waals surface area contributed by atoms with Gasteiger partial charge in [-0.15, -0.1) is 0 Å². The number of nitrogens with one attached hydrogen (secondary N) is 1. The summed E-state index contributed by atoms with van der Waals surface area (Å²) in [6.45, 7) is -0.424. The molecule has 0 radical (unpaired) electrons. The number of aromatic nitrogens is 1. The van der Waals surface area contributed by atoms with Crippen LogP contribution < -0.4 is 5.32 Å². The first-order valence-corrected chi connectivity index (χ1v) is 9.61. The molecule has 0 saturated heterocycles. The number of para-hydroxylation sites is 1. The predicted octanol–water partition coefficient (Wildman–Crippen LogP) is 4.83. The molecule has 1 N–H and O–H groups in total. The number of halogens is 2. The summed E-state index contributed by atoms with van der Waals surface area (Å²) < 4.78 is 5.31. The van der Waals surface area contributed by atoms with Crippen LogP contribution in [0.3, 0.4) is 0 Å². The molecule has 1 aromatic heterocycles. The third kappa shape index (κ3) is 3.55. The highest BCUT2D eigenvalue weighted by molar-refractivity contribution is 6.44. The summed E-state index contributed by atoms with van der Waals surface area (Å²) in [6.07, 6.45) is 2.57. The molecule has 0 fully saturated rings. The predicted molar refractivity (Wildman–Crippen MR) is 109 cm³/mol. The van der Waals surface area contributed by atoms with Gasteiger partial charge in [0.1, 0.15) is 0 Å². The number of anilines is 1. The minimum atomic E-state index is -0.524. The number of carbonyl (C=O) groups is 2. The molecule has 0 unspecified atom stereocenters. The highest BCUT2D eigenvalue weighted by Crippen LogP contribution is 2.31. The lowest BCUT2D eigenvalue weighted by Crippen LogP contribution is -2.22. The molecule has 1 aliphatic carbocycles. The number of amides is 1. The molecule has 0 bridgehead atoms. The number of carbonyl (C=O) groups excluding carboxylic acids is 2. The van der Waals surface area contributed by atoms with Crippen molar-refractivity contribution in [2.24, 2.45) is 0 Å². The standard InChI is InChI=1S/C21H16Cl2N2O3/c22-14-7-4-10-17(20(14)23)25-18(26)11-28-21(27)19-12-5-1-2-8-15(12)24-16-9-3-6-13(16)19/h1-2,4-5,7-8,10H,3,6,9,11H2,(H,25,26). The van der Waals surface area contributed by atoms with Gasteiger partial charge in [0.2, 0.25) is 0 Å². The summed E-state index contributed by atoms with van der Waals surface area (Å²) in [7, 11) is 0. The number of ether oxygens (including phenoxy) is 1. The van der Waals surface area contributed by atoms with Crippen LogP contribution in [0.15, 0.2) is 42.5 Å². The molecule has 5 nitrogen and oxygen atoms in total. The highest BCUT2D eigenvalue weighted by Gasteiger charge is 2.25. The third-order valence-electron chi connectivity index (χ3n) is 4.68. The van der Waals surface area contributed by atoms with Crippen molar-refractivity contribution in [3.63, 3.8) is 0 Å². The second kappa shape index (κ2) is 7.78. The van der Waals surface area contributed by atoms with E-state index in [2.05, 4.69) is 10.3 Å². The number of esters is 1. The van der Waals surface area contributed by atoms with Gasteiger partial charge in [-0.1, -0.05) is 47.5 Å². The van der Waals surface area contributed by atoms with Crippen LogP contribution >= 0.6 is 23.2 Å². The second-order valence-corrected chi connectivity index (χ2v) is 7.29. The van der Waals surface area contributed by atoms with Gasteiger partial charge in [0.25, 0.3) is 5.91 Å². The summed E-state index contributed by atoms with van der Waals surface area (Å²) >= 11 is 12.0. The molecule has 142 valence electrons. The zero-order chi connectivity index (χ0) is 19.7. The van der Waals surface area contributed by atoms with Crippen molar-refractivity contribution in [1.29, 1.82) is 0 Å². The summed E-state index contributed by atoms with van der Waals surface area (Å²) in [6, 6.07) is 12.4. The first kappa shape index (κ1) is 18.7. The average molecular weight is 415 g/mol. The van der Waals surface area contributed by atoms with Gasteiger partial charge in [0.15, 0.2) is 6.61 Å². The van der Waals surface area contributed by atoms with Gasteiger partial charge in [0.05, 0.1) is 26.8 Å². The van der Waals surface area contributed by atoms with Crippen molar-refractivity contribution >= 4 is 51.7 Å². The molecule has 0 spiro atoms. The van der Waals surface area contributed by atoms with E-state index in [1.54, 1.807) is 18.2 Å². The molecule has 0 saturated carbocycles. The number of benzene rings is 2. The largest absolute Gasteiger partial charge is 0.452 e. The molecule has 0 aliphatic heterocycles. The fraction of sp³-hybridized carbons (Fsp3) is 0.190. The minimum Gasteiger partial charge on any atom is -0.452 e. The minimum absolute atomic E-state index is 0.238. The first-order chi connectivity index (χ1) is 13.5. The Hall–Kier alpha value is -2.63. The van der Waals surface area contributed by atoms with Crippen LogP contribution in [-0.4, -0.2) is 23.5 Å². The summed E-state index contributed by atoms with van der Waals surface area (Å²) in [4.78, 5) is 29.7. The van der Waals surface area contributed by atoms with Gasteiger partial charge >= 0.3 is 5.97 Å². The maximum absolute atomic E-state index is 12.8. The van der Waals surface area contributed by atoms with Gasteiger partial charge in [-0.25, -0.2) is 4.79 Å². The third-order valence-corrected chi connectivity index (χ3v) is 5.50. The lowest BCUT2D eigenvalue weighted by molar-refractivity contribution is -0.119. The Bertz CT molecular complexity index is 1100. The van der Waals surface area contributed by atoms with Crippen molar-refractivity contribution in [3.05, 3.63) is 69.3 Å². The van der Waals surface area contributed by atoms with Crippen LogP contribution in [0, 0.1) is 0 Å². The Labute approximate surface area is 171 Å². The Morgan fingerprint density at radius 3 is 2.75 bits per heavy atom. The van der Waals surface area contributed by atoms with E-state index in [0.717, 1.165) is 41.4 Å². The number of fused-ring (bicyclic) bond motifs is 2. The zero-order valence-electron chi connectivity index (χ0n) is 14.8. The SMILES string of the molecule is O=C(COC(=O)c1c2c(nc3ccccc13)CCC2)Nc1cccc(Cl)c1Cl. The van der Waals surface area contributed by atoms with E-state index in [1.807, 2.05) is 24.3 Å². The van der Waals surface area contributed by atoms with E-state index < -0.39 is 18.5 Å². The van der Waals surface area contributed by atoms with Crippen molar-refractivity contribution in [1.82, 2.24) is 4.98 Å². The Balaban J connectivity index is 1.53. The topological polar surface area (TPSA) is 68.3 Å². The number of hydrogen-bond donors (Lipinski definition) is 1. The van der Waals surface area contributed by atoms with Crippen molar-refractivity contribution in [2.75, 3.05) is 11.9 Å². The fourth-order valence-electron chi connectivity index (χ4n) is 3.43. The Kier molecular flexibility index (Phi) is 5.20. The van der Waals surface area contributed by atoms with Crippen molar-refractivity contribution in [3.8, 4) is 0 Å². The fourth-order valence-corrected chi connectivity index (χ4v) is 3.78. The number of pyridine rings is 1. The number of aryl methyl sites for hydroxylation is 1. The van der Waals surface area contributed by atoms with Gasteiger partial charge < -0.3 is 10.1 Å². The first-order valence-electron chi connectivity index (χ1n) is 8.86. The summed E-state index contributed by atoms with van der Waals surface area (Å²) in [5, 5.41) is 3.91. The number of hydrogen-bond acceptors (Lipinski definition) is 4. The monoisotopic (exact) mass is 414 g/mol. The Morgan fingerprint density at radius 2 is 1.89 bits per heavy atom. The lowest BCUT2D eigenvalue weighted by Gasteiger charge is -2.12. The second-order valence-electron chi connectivity index (χ2n) is 6.51. The zero-order valence-corrected chi connectivity index (χ0v) is 16.3. The maximum Gasteiger partial charge on any atom is 0.339 e. The van der Waals surface area contributed by atoms with E-state index in [0.29, 0.717) is 16.3 Å². The van der Waals surface area contributed by atoms with Crippen LogP contribution in [-0.2, 0) is 22.4 Å². The lowest BCUT2D eigenvalue weighted by atomic mass is 10.0. The van der Waals surface area contributed by atoms with Gasteiger partial charge in [-0.2, -0.15) is 0 Å². The molecule has 1 amide bonds. The molecule has 28 heavy (non-hydrogen) atoms. The van der Waals surface area contributed by atoms with E-state index >= 15 is 0 Å². The van der Waals surface area contributed by atoms with Crippen LogP contribution in [0.2, 0.25) is 10.0 Å². The molecule has 2 aromatic carbocycles.